The van der Waals surface area contributed by atoms with Crippen LogP contribution in [0.5, 0.6) is 0 Å². The largest absolute Gasteiger partial charge is 0.377 e. The molecule has 7 heteroatoms. The van der Waals surface area contributed by atoms with E-state index in [0.717, 1.165) is 22.7 Å². The van der Waals surface area contributed by atoms with E-state index in [-0.39, 0.29) is 11.9 Å². The molecule has 0 spiro atoms. The fourth-order valence-corrected chi connectivity index (χ4v) is 2.85. The number of nitrogens with one attached hydrogen (secondary N) is 1. The molecule has 1 aliphatic rings. The molecule has 1 saturated heterocycles. The number of amides is 1. The van der Waals surface area contributed by atoms with Crippen LogP contribution in [0.25, 0.3) is 0 Å². The minimum absolute atomic E-state index is 0.0894. The molecule has 0 aliphatic carbocycles. The van der Waals surface area contributed by atoms with Gasteiger partial charge in [0.05, 0.1) is 30.6 Å². The van der Waals surface area contributed by atoms with Gasteiger partial charge in [0.15, 0.2) is 0 Å². The first kappa shape index (κ1) is 14.8. The predicted molar refractivity (Wildman–Crippen MR) is 78.2 cm³/mol. The van der Waals surface area contributed by atoms with Gasteiger partial charge in [-0.1, -0.05) is 5.16 Å². The van der Waals surface area contributed by atoms with Crippen LogP contribution in [0, 0.1) is 13.8 Å². The van der Waals surface area contributed by atoms with Crippen LogP contribution in [-0.4, -0.2) is 45.9 Å². The van der Waals surface area contributed by atoms with Crippen molar-refractivity contribution in [3.63, 3.8) is 0 Å². The Labute approximate surface area is 128 Å². The number of carbonyl (C=O) groups excluding carboxylic acids is 1. The van der Waals surface area contributed by atoms with Gasteiger partial charge in [-0.15, -0.1) is 0 Å². The van der Waals surface area contributed by atoms with E-state index >= 15 is 0 Å². The molecule has 1 fully saturated rings. The number of hydrogen-bond acceptors (Lipinski definition) is 5. The number of carbonyl (C=O) groups is 1. The monoisotopic (exact) mass is 304 g/mol. The molecule has 1 N–H and O–H groups in total. The van der Waals surface area contributed by atoms with E-state index in [1.54, 1.807) is 6.20 Å². The lowest BCUT2D eigenvalue weighted by Gasteiger charge is -2.35. The van der Waals surface area contributed by atoms with Gasteiger partial charge in [-0.2, -0.15) is 5.10 Å². The number of aromatic amines is 1. The van der Waals surface area contributed by atoms with Gasteiger partial charge in [-0.3, -0.25) is 9.89 Å². The second kappa shape index (κ2) is 6.31. The van der Waals surface area contributed by atoms with E-state index in [4.69, 9.17) is 9.26 Å². The van der Waals surface area contributed by atoms with E-state index in [1.165, 1.54) is 0 Å². The number of H-pyrrole nitrogens is 1. The number of aryl methyl sites for hydroxylation is 2. The van der Waals surface area contributed by atoms with Crippen molar-refractivity contribution in [3.05, 3.63) is 35.0 Å². The Hall–Kier alpha value is -2.15. The standard InChI is InChI=1S/C15H20N4O3/c1-10-12(11(2)22-18-10)3-4-15(20)19-7-8-21-9-14(19)13-5-6-16-17-13/h5-6,14H,3-4,7-9H2,1-2H3,(H,16,17)/t14-/m1/s1. The molecule has 22 heavy (non-hydrogen) atoms. The van der Waals surface area contributed by atoms with Crippen molar-refractivity contribution in [2.75, 3.05) is 19.8 Å². The number of morpholine rings is 1. The van der Waals surface area contributed by atoms with Crippen molar-refractivity contribution in [1.82, 2.24) is 20.3 Å². The molecule has 0 aromatic carbocycles. The van der Waals surface area contributed by atoms with E-state index in [0.29, 0.717) is 32.6 Å². The third-order valence-electron chi connectivity index (χ3n) is 4.10. The lowest BCUT2D eigenvalue weighted by Crippen LogP contribution is -2.43. The lowest BCUT2D eigenvalue weighted by molar-refractivity contribution is -0.140. The van der Waals surface area contributed by atoms with Gasteiger partial charge in [-0.25, -0.2) is 0 Å². The molecule has 0 saturated carbocycles. The summed E-state index contributed by atoms with van der Waals surface area (Å²) in [5.74, 6) is 0.903. The quantitative estimate of drug-likeness (QED) is 0.926. The molecule has 0 unspecified atom stereocenters. The fourth-order valence-electron chi connectivity index (χ4n) is 2.85. The topological polar surface area (TPSA) is 84.2 Å². The van der Waals surface area contributed by atoms with Crippen LogP contribution in [0.3, 0.4) is 0 Å². The summed E-state index contributed by atoms with van der Waals surface area (Å²) in [6.45, 7) is 5.45. The number of aromatic nitrogens is 3. The lowest BCUT2D eigenvalue weighted by atomic mass is 10.1. The average Bonchev–Trinajstić information content (AvgIpc) is 3.16. The second-order valence-electron chi connectivity index (χ2n) is 5.49. The van der Waals surface area contributed by atoms with Crippen LogP contribution in [0.2, 0.25) is 0 Å². The van der Waals surface area contributed by atoms with Crippen molar-refractivity contribution < 1.29 is 14.1 Å². The molecule has 0 radical (unpaired) electrons. The number of rotatable bonds is 4. The molecule has 3 heterocycles. The van der Waals surface area contributed by atoms with Crippen LogP contribution in [0.1, 0.15) is 35.2 Å². The van der Waals surface area contributed by atoms with Gasteiger partial charge in [0.25, 0.3) is 0 Å². The van der Waals surface area contributed by atoms with E-state index in [9.17, 15) is 4.79 Å². The Balaban J connectivity index is 1.67. The maximum absolute atomic E-state index is 12.6. The summed E-state index contributed by atoms with van der Waals surface area (Å²) >= 11 is 0. The Kier molecular flexibility index (Phi) is 4.24. The van der Waals surface area contributed by atoms with Gasteiger partial charge in [0, 0.05) is 24.7 Å². The summed E-state index contributed by atoms with van der Waals surface area (Å²) in [6.07, 6.45) is 2.77. The average molecular weight is 304 g/mol. The van der Waals surface area contributed by atoms with Crippen molar-refractivity contribution >= 4 is 5.91 Å². The SMILES string of the molecule is Cc1noc(C)c1CCC(=O)N1CCOC[C@@H]1c1ccn[nH]1. The zero-order valence-electron chi connectivity index (χ0n) is 12.8. The number of ether oxygens (including phenoxy) is 1. The zero-order valence-corrected chi connectivity index (χ0v) is 12.8. The maximum Gasteiger partial charge on any atom is 0.223 e. The normalized spacial score (nSPS) is 18.6. The summed E-state index contributed by atoms with van der Waals surface area (Å²) in [7, 11) is 0. The highest BCUT2D eigenvalue weighted by atomic mass is 16.5. The van der Waals surface area contributed by atoms with Crippen molar-refractivity contribution in [2.24, 2.45) is 0 Å². The van der Waals surface area contributed by atoms with Gasteiger partial charge in [-0.05, 0) is 26.3 Å². The molecule has 0 bridgehead atoms. The minimum Gasteiger partial charge on any atom is -0.377 e. The third-order valence-corrected chi connectivity index (χ3v) is 4.10. The molecule has 2 aromatic rings. The van der Waals surface area contributed by atoms with E-state index < -0.39 is 0 Å². The summed E-state index contributed by atoms with van der Waals surface area (Å²) in [4.78, 5) is 14.5. The first-order valence-electron chi connectivity index (χ1n) is 7.45. The molecule has 7 nitrogen and oxygen atoms in total. The van der Waals surface area contributed by atoms with Crippen LogP contribution in [0.4, 0.5) is 0 Å². The molecular formula is C15H20N4O3. The predicted octanol–water partition coefficient (Wildman–Crippen LogP) is 1.55. The Morgan fingerprint density at radius 2 is 2.36 bits per heavy atom. The summed E-state index contributed by atoms with van der Waals surface area (Å²) < 4.78 is 10.7. The molecule has 1 aliphatic heterocycles. The maximum atomic E-state index is 12.6. The van der Waals surface area contributed by atoms with Gasteiger partial charge >= 0.3 is 0 Å². The smallest absolute Gasteiger partial charge is 0.223 e. The molecule has 118 valence electrons. The summed E-state index contributed by atoms with van der Waals surface area (Å²) in [5, 5.41) is 10.8. The second-order valence-corrected chi connectivity index (χ2v) is 5.49. The van der Waals surface area contributed by atoms with Crippen molar-refractivity contribution in [2.45, 2.75) is 32.7 Å². The Morgan fingerprint density at radius 1 is 1.50 bits per heavy atom. The zero-order chi connectivity index (χ0) is 15.5. The highest BCUT2D eigenvalue weighted by molar-refractivity contribution is 5.77. The van der Waals surface area contributed by atoms with E-state index in [1.807, 2.05) is 24.8 Å². The molecule has 3 rings (SSSR count). The highest BCUT2D eigenvalue weighted by Gasteiger charge is 2.29. The minimum atomic E-state index is -0.0894. The van der Waals surface area contributed by atoms with Crippen molar-refractivity contribution in [1.29, 1.82) is 0 Å². The van der Waals surface area contributed by atoms with Gasteiger partial charge < -0.3 is 14.2 Å². The van der Waals surface area contributed by atoms with Crippen LogP contribution < -0.4 is 0 Å². The molecule has 1 amide bonds. The van der Waals surface area contributed by atoms with Gasteiger partial charge in [0.2, 0.25) is 5.91 Å². The van der Waals surface area contributed by atoms with Crippen LogP contribution in [-0.2, 0) is 16.0 Å². The molecule has 2 aromatic heterocycles. The number of nitrogens with zero attached hydrogens (tertiary/aromatic N) is 3. The molecular weight excluding hydrogens is 284 g/mol. The van der Waals surface area contributed by atoms with E-state index in [2.05, 4.69) is 15.4 Å². The Morgan fingerprint density at radius 3 is 3.05 bits per heavy atom. The summed E-state index contributed by atoms with van der Waals surface area (Å²) in [5.41, 5.74) is 2.79. The van der Waals surface area contributed by atoms with Crippen LogP contribution >= 0.6 is 0 Å². The number of hydrogen-bond donors (Lipinski definition) is 1. The van der Waals surface area contributed by atoms with Crippen molar-refractivity contribution in [3.8, 4) is 0 Å². The fraction of sp³-hybridized carbons (Fsp3) is 0.533. The first-order valence-corrected chi connectivity index (χ1v) is 7.45. The summed E-state index contributed by atoms with van der Waals surface area (Å²) in [6, 6.07) is 1.79. The van der Waals surface area contributed by atoms with Gasteiger partial charge in [0.1, 0.15) is 5.76 Å². The third kappa shape index (κ3) is 2.89. The first-order chi connectivity index (χ1) is 10.7. The highest BCUT2D eigenvalue weighted by Crippen LogP contribution is 2.24. The Bertz CT molecular complexity index is 616. The molecule has 1 atom stereocenters. The van der Waals surface area contributed by atoms with Crippen LogP contribution in [0.15, 0.2) is 16.8 Å².